The first-order chi connectivity index (χ1) is 14.2. The number of halogens is 3. The van der Waals surface area contributed by atoms with Crippen molar-refractivity contribution in [3.8, 4) is 11.5 Å². The molecule has 0 bridgehead atoms. The number of ether oxygens (including phenoxy) is 3. The molecule has 0 aliphatic heterocycles. The van der Waals surface area contributed by atoms with E-state index in [-0.39, 0.29) is 57.0 Å². The zero-order valence-corrected chi connectivity index (χ0v) is 19.0. The number of benzene rings is 2. The van der Waals surface area contributed by atoms with Crippen LogP contribution in [0, 0.1) is 0 Å². The van der Waals surface area contributed by atoms with Crippen molar-refractivity contribution in [2.75, 3.05) is 32.8 Å². The van der Waals surface area contributed by atoms with Crippen LogP contribution in [-0.4, -0.2) is 63.6 Å². The largest absolute Gasteiger partial charge is 0.489 e. The van der Waals surface area contributed by atoms with E-state index in [1.54, 1.807) is 0 Å². The average Bonchev–Trinajstić information content (AvgIpc) is 2.71. The summed E-state index contributed by atoms with van der Waals surface area (Å²) in [6.45, 7) is -0.0456. The van der Waals surface area contributed by atoms with Crippen LogP contribution in [-0.2, 0) is 14.6 Å². The summed E-state index contributed by atoms with van der Waals surface area (Å²) in [5.74, 6) is 0.442. The zero-order valence-electron chi connectivity index (χ0n) is 15.9. The summed E-state index contributed by atoms with van der Waals surface area (Å²) in [7, 11) is -2.46. The molecule has 7 nitrogen and oxygen atoms in total. The van der Waals surface area contributed by atoms with Crippen LogP contribution in [0.25, 0.3) is 0 Å². The van der Waals surface area contributed by atoms with Crippen LogP contribution in [0.15, 0.2) is 46.2 Å². The van der Waals surface area contributed by atoms with Crippen LogP contribution in [0.5, 0.6) is 11.5 Å². The van der Waals surface area contributed by atoms with Crippen LogP contribution >= 0.6 is 34.8 Å². The van der Waals surface area contributed by atoms with Gasteiger partial charge >= 0.3 is 0 Å². The number of alkyl halides is 1. The highest BCUT2D eigenvalue weighted by Crippen LogP contribution is 2.33. The maximum atomic E-state index is 12.9. The lowest BCUT2D eigenvalue weighted by Gasteiger charge is -2.14. The van der Waals surface area contributed by atoms with Gasteiger partial charge in [-0.15, -0.1) is 11.6 Å². The van der Waals surface area contributed by atoms with Gasteiger partial charge < -0.3 is 24.4 Å². The second-order valence-corrected chi connectivity index (χ2v) is 9.30. The molecule has 0 aliphatic rings. The highest BCUT2D eigenvalue weighted by Gasteiger charge is 2.21. The number of aliphatic hydroxyl groups excluding tert-OH is 2. The molecule has 0 saturated carbocycles. The highest BCUT2D eigenvalue weighted by molar-refractivity contribution is 7.91. The lowest BCUT2D eigenvalue weighted by molar-refractivity contribution is 0.0325. The van der Waals surface area contributed by atoms with Gasteiger partial charge in [-0.25, -0.2) is 8.42 Å². The van der Waals surface area contributed by atoms with Crippen LogP contribution in [0.3, 0.4) is 0 Å². The third kappa shape index (κ3) is 6.62. The van der Waals surface area contributed by atoms with Gasteiger partial charge in [0, 0.05) is 7.11 Å². The topological polar surface area (TPSA) is 102 Å². The van der Waals surface area contributed by atoms with Gasteiger partial charge in [0.25, 0.3) is 0 Å². The quantitative estimate of drug-likeness (QED) is 0.458. The van der Waals surface area contributed by atoms with E-state index in [1.165, 1.54) is 43.5 Å². The third-order valence-corrected chi connectivity index (χ3v) is 6.52. The number of hydrogen-bond donors (Lipinski definition) is 2. The Kier molecular flexibility index (Phi) is 9.49. The maximum absolute atomic E-state index is 12.9. The van der Waals surface area contributed by atoms with Crippen molar-refractivity contribution >= 4 is 44.6 Å². The monoisotopic (exact) mass is 498 g/mol. The number of hydrogen-bond acceptors (Lipinski definition) is 7. The summed E-state index contributed by atoms with van der Waals surface area (Å²) in [5, 5.41) is 19.2. The summed E-state index contributed by atoms with van der Waals surface area (Å²) in [5.41, 5.74) is 0. The molecule has 2 rings (SSSR count). The molecular formula is C19H21Cl3O7S. The summed E-state index contributed by atoms with van der Waals surface area (Å²) in [4.78, 5) is -0.113. The van der Waals surface area contributed by atoms with Crippen LogP contribution in [0.1, 0.15) is 0 Å². The fourth-order valence-corrected chi connectivity index (χ4v) is 4.33. The fourth-order valence-electron chi connectivity index (χ4n) is 2.32. The second kappa shape index (κ2) is 11.4. The van der Waals surface area contributed by atoms with E-state index in [2.05, 4.69) is 0 Å². The van der Waals surface area contributed by atoms with Crippen molar-refractivity contribution in [2.45, 2.75) is 22.0 Å². The van der Waals surface area contributed by atoms with Crippen LogP contribution in [0.4, 0.5) is 0 Å². The van der Waals surface area contributed by atoms with Crippen LogP contribution < -0.4 is 9.47 Å². The molecular weight excluding hydrogens is 479 g/mol. The zero-order chi connectivity index (χ0) is 22.3. The Hall–Kier alpha value is -1.26. The van der Waals surface area contributed by atoms with E-state index in [0.29, 0.717) is 0 Å². The van der Waals surface area contributed by atoms with E-state index in [9.17, 15) is 18.6 Å². The first kappa shape index (κ1) is 25.0. The smallest absolute Gasteiger partial charge is 0.206 e. The summed E-state index contributed by atoms with van der Waals surface area (Å²) in [6, 6.07) is 7.98. The molecule has 166 valence electrons. The molecule has 0 aromatic heterocycles. The molecule has 30 heavy (non-hydrogen) atoms. The molecule has 2 atom stereocenters. The number of aliphatic hydroxyl groups is 2. The molecule has 0 heterocycles. The van der Waals surface area contributed by atoms with Crippen molar-refractivity contribution < 1.29 is 32.8 Å². The Balaban J connectivity index is 2.18. The Labute approximate surface area is 190 Å². The summed E-state index contributed by atoms with van der Waals surface area (Å²) >= 11 is 17.8. The Morgan fingerprint density at radius 3 is 1.73 bits per heavy atom. The predicted molar refractivity (Wildman–Crippen MR) is 114 cm³/mol. The van der Waals surface area contributed by atoms with E-state index in [4.69, 9.17) is 49.0 Å². The van der Waals surface area contributed by atoms with Gasteiger partial charge in [-0.3, -0.25) is 0 Å². The van der Waals surface area contributed by atoms with Crippen molar-refractivity contribution in [1.29, 1.82) is 0 Å². The summed E-state index contributed by atoms with van der Waals surface area (Å²) < 4.78 is 41.4. The average molecular weight is 500 g/mol. The van der Waals surface area contributed by atoms with Gasteiger partial charge in [-0.05, 0) is 36.4 Å². The van der Waals surface area contributed by atoms with Crippen molar-refractivity contribution in [3.63, 3.8) is 0 Å². The molecule has 0 aliphatic carbocycles. The maximum Gasteiger partial charge on any atom is 0.206 e. The minimum atomic E-state index is -3.91. The van der Waals surface area contributed by atoms with Crippen molar-refractivity contribution in [1.82, 2.24) is 0 Å². The van der Waals surface area contributed by atoms with E-state index >= 15 is 0 Å². The second-order valence-electron chi connectivity index (χ2n) is 6.23. The lowest BCUT2D eigenvalue weighted by Crippen LogP contribution is -2.22. The van der Waals surface area contributed by atoms with Gasteiger partial charge in [-0.1, -0.05) is 23.2 Å². The normalized spacial score (nSPS) is 13.7. The minimum absolute atomic E-state index is 0.00407. The molecule has 0 amide bonds. The van der Waals surface area contributed by atoms with Crippen LogP contribution in [0.2, 0.25) is 10.0 Å². The molecule has 0 fully saturated rings. The number of methoxy groups -OCH3 is 1. The number of rotatable bonds is 11. The van der Waals surface area contributed by atoms with Gasteiger partial charge in [0.1, 0.15) is 36.9 Å². The number of sulfone groups is 1. The molecule has 2 N–H and O–H groups in total. The molecule has 2 aromatic rings. The first-order valence-electron chi connectivity index (χ1n) is 8.69. The van der Waals surface area contributed by atoms with E-state index in [1.807, 2.05) is 0 Å². The molecule has 2 aromatic carbocycles. The molecule has 0 saturated heterocycles. The van der Waals surface area contributed by atoms with E-state index in [0.717, 1.165) is 0 Å². The molecule has 11 heteroatoms. The molecule has 0 unspecified atom stereocenters. The Morgan fingerprint density at radius 1 is 0.867 bits per heavy atom. The Morgan fingerprint density at radius 2 is 1.33 bits per heavy atom. The van der Waals surface area contributed by atoms with Gasteiger partial charge in [-0.2, -0.15) is 0 Å². The fraction of sp³-hybridized carbons (Fsp3) is 0.368. The van der Waals surface area contributed by atoms with Crippen molar-refractivity contribution in [2.24, 2.45) is 0 Å². The highest BCUT2D eigenvalue weighted by atomic mass is 35.5. The Bertz CT molecular complexity index is 953. The first-order valence-corrected chi connectivity index (χ1v) is 11.5. The van der Waals surface area contributed by atoms with Gasteiger partial charge in [0.05, 0.1) is 32.3 Å². The van der Waals surface area contributed by atoms with Gasteiger partial charge in [0.2, 0.25) is 9.84 Å². The summed E-state index contributed by atoms with van der Waals surface area (Å²) in [6.07, 6.45) is -1.72. The standard InChI is InChI=1S/C19H21Cl3O7S/c1-27-9-13(24)11-29-19-5-3-15(7-17(19)22)30(25,26)14-2-4-18(16(21)6-14)28-10-12(23)8-20/h2-7,12-13,23-24H,8-11H2,1H3/t12-,13+/m0/s1. The predicted octanol–water partition coefficient (Wildman–Crippen LogP) is 3.19. The van der Waals surface area contributed by atoms with Gasteiger partial charge in [0.15, 0.2) is 0 Å². The minimum Gasteiger partial charge on any atom is -0.489 e. The SMILES string of the molecule is COC[C@@H](O)COc1ccc(S(=O)(=O)c2ccc(OC[C@@H](O)CCl)c(Cl)c2)cc1Cl. The molecule has 0 radical (unpaired) electrons. The van der Waals surface area contributed by atoms with Crippen molar-refractivity contribution in [3.05, 3.63) is 46.4 Å². The molecule has 0 spiro atoms. The third-order valence-electron chi connectivity index (χ3n) is 3.83. The van der Waals surface area contributed by atoms with E-state index < -0.39 is 22.0 Å². The lowest BCUT2D eigenvalue weighted by atomic mass is 10.3.